The minimum absolute atomic E-state index is 0.238. The molecule has 1 aromatic heterocycles. The molecule has 0 spiro atoms. The Kier molecular flexibility index (Phi) is 1.98. The lowest BCUT2D eigenvalue weighted by molar-refractivity contribution is 0.255. The second-order valence-corrected chi connectivity index (χ2v) is 2.72. The molecule has 0 aliphatic rings. The molecule has 0 unspecified atom stereocenters. The Hall–Kier alpha value is -1.42. The number of nitrogens with zero attached hydrogens (tertiary/aromatic N) is 2. The number of rotatable bonds is 2. The molecule has 0 radical (unpaired) electrons. The quantitative estimate of drug-likeness (QED) is 0.759. The van der Waals surface area contributed by atoms with Gasteiger partial charge in [-0.3, -0.25) is 4.57 Å². The average molecular weight is 180 g/mol. The number of fused-ring (bicyclic) bond motifs is 1. The summed E-state index contributed by atoms with van der Waals surface area (Å²) in [6.45, 7) is -0.894. The minimum Gasteiger partial charge on any atom is -0.388 e. The summed E-state index contributed by atoms with van der Waals surface area (Å²) in [6.07, 6.45) is 0. The largest absolute Gasteiger partial charge is 0.388 e. The van der Waals surface area contributed by atoms with Crippen molar-refractivity contribution in [3.8, 4) is 0 Å². The number of aromatic nitrogens is 2. The van der Waals surface area contributed by atoms with Gasteiger partial charge >= 0.3 is 0 Å². The van der Waals surface area contributed by atoms with Gasteiger partial charge in [0.2, 0.25) is 0 Å². The fourth-order valence-corrected chi connectivity index (χ4v) is 1.38. The zero-order valence-electron chi connectivity index (χ0n) is 6.94. The summed E-state index contributed by atoms with van der Waals surface area (Å²) in [5, 5.41) is 8.90. The van der Waals surface area contributed by atoms with E-state index in [0.29, 0.717) is 16.9 Å². The number of para-hydroxylation sites is 2. The van der Waals surface area contributed by atoms with Crippen molar-refractivity contribution in [3.05, 3.63) is 30.1 Å². The third kappa shape index (κ3) is 1.19. The number of benzene rings is 1. The zero-order chi connectivity index (χ0) is 9.26. The van der Waals surface area contributed by atoms with E-state index in [1.54, 1.807) is 12.1 Å². The molecule has 68 valence electrons. The van der Waals surface area contributed by atoms with Gasteiger partial charge in [0, 0.05) is 0 Å². The predicted molar refractivity (Wildman–Crippen MR) is 46.8 cm³/mol. The number of alkyl halides is 1. The molecule has 0 bridgehead atoms. The Morgan fingerprint density at radius 1 is 1.38 bits per heavy atom. The summed E-state index contributed by atoms with van der Waals surface area (Å²) >= 11 is 0. The van der Waals surface area contributed by atoms with E-state index in [9.17, 15) is 4.39 Å². The van der Waals surface area contributed by atoms with Crippen molar-refractivity contribution in [2.45, 2.75) is 13.4 Å². The van der Waals surface area contributed by atoms with Gasteiger partial charge in [-0.05, 0) is 12.1 Å². The van der Waals surface area contributed by atoms with Crippen molar-refractivity contribution >= 4 is 11.0 Å². The van der Waals surface area contributed by atoms with E-state index in [4.69, 9.17) is 5.11 Å². The molecule has 1 aromatic carbocycles. The molecule has 0 fully saturated rings. The summed E-state index contributed by atoms with van der Waals surface area (Å²) in [4.78, 5) is 4.07. The highest BCUT2D eigenvalue weighted by atomic mass is 19.1. The van der Waals surface area contributed by atoms with E-state index in [2.05, 4.69) is 4.98 Å². The molecule has 4 heteroatoms. The lowest BCUT2D eigenvalue weighted by Crippen LogP contribution is -1.99. The van der Waals surface area contributed by atoms with Crippen molar-refractivity contribution in [3.63, 3.8) is 0 Å². The normalized spacial score (nSPS) is 10.9. The smallest absolute Gasteiger partial charge is 0.167 e. The first-order chi connectivity index (χ1) is 6.36. The van der Waals surface area contributed by atoms with E-state index in [-0.39, 0.29) is 6.61 Å². The predicted octanol–water partition coefficient (Wildman–Crippen LogP) is 1.46. The molecule has 0 aliphatic carbocycles. The van der Waals surface area contributed by atoms with Gasteiger partial charge in [0.1, 0.15) is 12.4 Å². The van der Waals surface area contributed by atoms with Gasteiger partial charge in [0.15, 0.2) is 6.80 Å². The van der Waals surface area contributed by atoms with Gasteiger partial charge in [-0.25, -0.2) is 9.37 Å². The molecular weight excluding hydrogens is 171 g/mol. The van der Waals surface area contributed by atoms with Crippen LogP contribution in [0.4, 0.5) is 4.39 Å². The Morgan fingerprint density at radius 3 is 2.85 bits per heavy atom. The molecule has 2 aromatic rings. The summed E-state index contributed by atoms with van der Waals surface area (Å²) in [7, 11) is 0. The Balaban J connectivity index is 2.73. The summed E-state index contributed by atoms with van der Waals surface area (Å²) in [5.74, 6) is 0.365. The maximum Gasteiger partial charge on any atom is 0.167 e. The minimum atomic E-state index is -0.656. The Morgan fingerprint density at radius 2 is 2.15 bits per heavy atom. The number of hydrogen-bond donors (Lipinski definition) is 1. The number of aliphatic hydroxyl groups excluding tert-OH is 1. The number of hydrogen-bond acceptors (Lipinski definition) is 2. The van der Waals surface area contributed by atoms with Crippen molar-refractivity contribution < 1.29 is 9.50 Å². The molecule has 0 saturated heterocycles. The van der Waals surface area contributed by atoms with Crippen LogP contribution in [0.3, 0.4) is 0 Å². The first-order valence-corrected chi connectivity index (χ1v) is 3.98. The van der Waals surface area contributed by atoms with Crippen LogP contribution in [0, 0.1) is 0 Å². The number of imidazole rings is 1. The van der Waals surface area contributed by atoms with Crippen LogP contribution in [0.15, 0.2) is 24.3 Å². The number of halogens is 1. The van der Waals surface area contributed by atoms with Gasteiger partial charge in [0.25, 0.3) is 0 Å². The van der Waals surface area contributed by atoms with Crippen molar-refractivity contribution in [1.82, 2.24) is 9.55 Å². The topological polar surface area (TPSA) is 38.1 Å². The van der Waals surface area contributed by atoms with Crippen LogP contribution in [-0.4, -0.2) is 14.7 Å². The zero-order valence-corrected chi connectivity index (χ0v) is 6.94. The highest BCUT2D eigenvalue weighted by Gasteiger charge is 2.07. The van der Waals surface area contributed by atoms with Crippen molar-refractivity contribution in [2.75, 3.05) is 0 Å². The molecule has 3 nitrogen and oxygen atoms in total. The summed E-state index contributed by atoms with van der Waals surface area (Å²) in [6, 6.07) is 7.22. The first-order valence-electron chi connectivity index (χ1n) is 3.98. The average Bonchev–Trinajstić information content (AvgIpc) is 2.55. The van der Waals surface area contributed by atoms with E-state index in [1.165, 1.54) is 4.57 Å². The van der Waals surface area contributed by atoms with Crippen LogP contribution in [0.1, 0.15) is 5.82 Å². The molecule has 0 amide bonds. The van der Waals surface area contributed by atoms with Gasteiger partial charge < -0.3 is 5.11 Å². The molecule has 1 N–H and O–H groups in total. The SMILES string of the molecule is OCc1nc2ccccc2n1CF. The van der Waals surface area contributed by atoms with E-state index < -0.39 is 6.80 Å². The fourth-order valence-electron chi connectivity index (χ4n) is 1.38. The van der Waals surface area contributed by atoms with Gasteiger partial charge in [0.05, 0.1) is 11.0 Å². The maximum atomic E-state index is 12.5. The van der Waals surface area contributed by atoms with E-state index >= 15 is 0 Å². The lowest BCUT2D eigenvalue weighted by atomic mass is 10.3. The first kappa shape index (κ1) is 8.19. The van der Waals surface area contributed by atoms with Crippen molar-refractivity contribution in [2.24, 2.45) is 0 Å². The van der Waals surface area contributed by atoms with Gasteiger partial charge in [-0.15, -0.1) is 0 Å². The van der Waals surface area contributed by atoms with Crippen LogP contribution in [0.5, 0.6) is 0 Å². The van der Waals surface area contributed by atoms with Crippen LogP contribution in [-0.2, 0) is 13.4 Å². The number of aliphatic hydroxyl groups is 1. The molecule has 0 saturated carbocycles. The van der Waals surface area contributed by atoms with Crippen LogP contribution in [0.2, 0.25) is 0 Å². The lowest BCUT2D eigenvalue weighted by Gasteiger charge is -1.99. The van der Waals surface area contributed by atoms with Gasteiger partial charge in [-0.2, -0.15) is 0 Å². The van der Waals surface area contributed by atoms with Gasteiger partial charge in [-0.1, -0.05) is 12.1 Å². The molecule has 0 atom stereocenters. The van der Waals surface area contributed by atoms with Crippen LogP contribution < -0.4 is 0 Å². The molecule has 1 heterocycles. The fraction of sp³-hybridized carbons (Fsp3) is 0.222. The van der Waals surface area contributed by atoms with Crippen molar-refractivity contribution in [1.29, 1.82) is 0 Å². The molecule has 13 heavy (non-hydrogen) atoms. The van der Waals surface area contributed by atoms with E-state index in [1.807, 2.05) is 12.1 Å². The molecule has 2 rings (SSSR count). The second kappa shape index (κ2) is 3.14. The second-order valence-electron chi connectivity index (χ2n) is 2.72. The maximum absolute atomic E-state index is 12.5. The molecular formula is C9H9FN2O. The Labute approximate surface area is 74.4 Å². The highest BCUT2D eigenvalue weighted by molar-refractivity contribution is 5.75. The van der Waals surface area contributed by atoms with E-state index in [0.717, 1.165) is 0 Å². The molecule has 0 aliphatic heterocycles. The highest BCUT2D eigenvalue weighted by Crippen LogP contribution is 2.15. The monoisotopic (exact) mass is 180 g/mol. The van der Waals surface area contributed by atoms with Crippen LogP contribution in [0.25, 0.3) is 11.0 Å². The third-order valence-corrected chi connectivity index (χ3v) is 1.99. The summed E-state index contributed by atoms with van der Waals surface area (Å²) in [5.41, 5.74) is 1.43. The van der Waals surface area contributed by atoms with Crippen LogP contribution >= 0.6 is 0 Å². The standard InChI is InChI=1S/C9H9FN2O/c10-6-12-8-4-2-1-3-7(8)11-9(12)5-13/h1-4,13H,5-6H2. The third-order valence-electron chi connectivity index (χ3n) is 1.99. The Bertz CT molecular complexity index is 424. The summed E-state index contributed by atoms with van der Waals surface area (Å²) < 4.78 is 13.9.